The first-order valence-corrected chi connectivity index (χ1v) is 34.1. The molecule has 470 valence electrons. The summed E-state index contributed by atoms with van der Waals surface area (Å²) >= 11 is 0. The number of imidazole rings is 2. The number of hydrogen-bond donors (Lipinski definition) is 0. The summed E-state index contributed by atoms with van der Waals surface area (Å²) in [4.78, 5) is 19.8. The Kier molecular flexibility index (Phi) is 13.4. The van der Waals surface area contributed by atoms with E-state index in [1.807, 2.05) is 60.7 Å². The summed E-state index contributed by atoms with van der Waals surface area (Å²) in [6.45, 7) is 0. The molecule has 0 bridgehead atoms. The van der Waals surface area contributed by atoms with Crippen LogP contribution in [-0.2, 0) is 0 Å². The number of fused-ring (bicyclic) bond motifs is 19. The molecule has 0 amide bonds. The van der Waals surface area contributed by atoms with Crippen molar-refractivity contribution in [3.63, 3.8) is 0 Å². The normalized spacial score (nSPS) is 11.8. The predicted molar refractivity (Wildman–Crippen MR) is 416 cm³/mol. The molecule has 0 radical (unpaired) electrons. The van der Waals surface area contributed by atoms with Gasteiger partial charge in [0.15, 0.2) is 11.6 Å². The summed E-state index contributed by atoms with van der Waals surface area (Å²) in [5.41, 5.74) is 22.4. The maximum absolute atomic E-state index is 5.14. The van der Waals surface area contributed by atoms with E-state index in [2.05, 4.69) is 308 Å². The van der Waals surface area contributed by atoms with E-state index in [1.165, 1.54) is 82.0 Å². The van der Waals surface area contributed by atoms with E-state index in [-0.39, 0.29) is 0 Å². The van der Waals surface area contributed by atoms with Gasteiger partial charge in [0.2, 0.25) is 0 Å². The Hall–Kier alpha value is -13.8. The maximum Gasteiger partial charge on any atom is 0.168 e. The zero-order valence-electron chi connectivity index (χ0n) is 54.4. The topological polar surface area (TPSA) is 91.1 Å². The highest BCUT2D eigenvalue weighted by atomic mass is 15.3. The number of pyridine rings is 4. The molecule has 0 aliphatic rings. The number of para-hydroxylation sites is 5. The van der Waals surface area contributed by atoms with E-state index < -0.39 is 0 Å². The summed E-state index contributed by atoms with van der Waals surface area (Å²) in [5.74, 6) is 1.63. The van der Waals surface area contributed by atoms with E-state index in [9.17, 15) is 0 Å². The lowest BCUT2D eigenvalue weighted by Gasteiger charge is -2.13. The maximum atomic E-state index is 5.14. The number of benzene rings is 14. The van der Waals surface area contributed by atoms with Crippen LogP contribution in [0.15, 0.2) is 346 Å². The van der Waals surface area contributed by atoms with Gasteiger partial charge < -0.3 is 0 Å². The van der Waals surface area contributed by atoms with E-state index in [0.29, 0.717) is 0 Å². The van der Waals surface area contributed by atoms with Crippen LogP contribution in [0.1, 0.15) is 0 Å². The second kappa shape index (κ2) is 23.5. The number of aromatic nitrogens is 9. The van der Waals surface area contributed by atoms with Crippen LogP contribution < -0.4 is 0 Å². The minimum atomic E-state index is 0.813. The zero-order valence-corrected chi connectivity index (χ0v) is 54.4. The molecule has 101 heavy (non-hydrogen) atoms. The third kappa shape index (κ3) is 9.85. The van der Waals surface area contributed by atoms with Crippen LogP contribution in [0.5, 0.6) is 0 Å². The lowest BCUT2D eigenvalue weighted by atomic mass is 9.95. The molecule has 0 saturated carbocycles. The van der Waals surface area contributed by atoms with E-state index in [1.54, 1.807) is 6.20 Å². The van der Waals surface area contributed by atoms with Gasteiger partial charge in [-0.3, -0.25) is 18.4 Å². The van der Waals surface area contributed by atoms with Crippen molar-refractivity contribution in [1.82, 2.24) is 43.5 Å². The molecule has 7 heterocycles. The highest BCUT2D eigenvalue weighted by Crippen LogP contribution is 2.41. The van der Waals surface area contributed by atoms with Crippen molar-refractivity contribution in [1.29, 1.82) is 0 Å². The van der Waals surface area contributed by atoms with Gasteiger partial charge >= 0.3 is 0 Å². The number of rotatable bonds is 8. The Bertz CT molecular complexity index is 6840. The molecule has 0 aliphatic carbocycles. The lowest BCUT2D eigenvalue weighted by molar-refractivity contribution is 1.08. The summed E-state index contributed by atoms with van der Waals surface area (Å²) in [7, 11) is 0. The molecular formula is C92H57N9. The molecule has 0 atom stereocenters. The molecule has 0 saturated heterocycles. The molecule has 9 heteroatoms. The largest absolute Gasteiger partial charge is 0.292 e. The van der Waals surface area contributed by atoms with Crippen molar-refractivity contribution in [3.8, 4) is 84.5 Å². The molecule has 21 rings (SSSR count). The fraction of sp³-hybridized carbons (Fsp3) is 0. The SMILES string of the molecule is c1ccc(-c2cccc(-c3ccc4c(c3)c3cc(-c5ccc6ccccc6c5)ccc3n3c5ccccc5nc43)n2)nc1.c1ccc(-c2nnc(-c3ccccc3)n2-c2ccc3cc(-c4ccc5cc(-c6ccc7c8ccccc8n8c9ccccc9nc8c7c6)ccc5c4)ccc3c2)cc1. The zero-order chi connectivity index (χ0) is 66.5. The van der Waals surface area contributed by atoms with Crippen molar-refractivity contribution >= 4 is 109 Å². The summed E-state index contributed by atoms with van der Waals surface area (Å²) in [6.07, 6.45) is 1.80. The fourth-order valence-electron chi connectivity index (χ4n) is 15.0. The molecule has 21 aromatic rings. The van der Waals surface area contributed by atoms with E-state index in [0.717, 1.165) is 112 Å². The van der Waals surface area contributed by atoms with Gasteiger partial charge in [-0.05, 0) is 198 Å². The summed E-state index contributed by atoms with van der Waals surface area (Å²) < 4.78 is 6.78. The van der Waals surface area contributed by atoms with Gasteiger partial charge in [0.05, 0.1) is 50.2 Å². The van der Waals surface area contributed by atoms with Gasteiger partial charge in [-0.2, -0.15) is 0 Å². The van der Waals surface area contributed by atoms with Crippen molar-refractivity contribution < 1.29 is 0 Å². The molecular weight excluding hydrogens is 1230 g/mol. The van der Waals surface area contributed by atoms with Gasteiger partial charge in [0.1, 0.15) is 11.3 Å². The van der Waals surface area contributed by atoms with Crippen molar-refractivity contribution in [3.05, 3.63) is 346 Å². The van der Waals surface area contributed by atoms with Crippen molar-refractivity contribution in [2.75, 3.05) is 0 Å². The molecule has 0 fully saturated rings. The van der Waals surface area contributed by atoms with Gasteiger partial charge in [0.25, 0.3) is 0 Å². The van der Waals surface area contributed by atoms with Crippen LogP contribution >= 0.6 is 0 Å². The standard InChI is InChI=1S/C53H33N5.C39H24N4/c1-3-11-34(12-4-1)51-55-56-52(35-13-5-2-6-14-35)57(51)44-27-25-41-31-39(23-24-42(41)32-44)36-19-20-38-30-40(22-21-37(38)29-36)43-26-28-45-46-15-7-9-17-49(46)58-50-18-10-8-16-48(50)54-53(58)47(45)33-43;1-2-9-26-22-27(16-15-25(26)8-1)28-18-20-37-32(23-28)31-24-29(33-12-7-13-35(41-33)34-10-5-6-21-40-34)17-19-30(31)39-42-36-11-3-4-14-38(36)43(37)39/h1-33H;1-24H. The summed E-state index contributed by atoms with van der Waals surface area (Å²) in [5, 5.41) is 23.6. The van der Waals surface area contributed by atoms with Crippen LogP contribution in [0.25, 0.3) is 194 Å². The van der Waals surface area contributed by atoms with Crippen LogP contribution in [0.2, 0.25) is 0 Å². The number of hydrogen-bond acceptors (Lipinski definition) is 6. The van der Waals surface area contributed by atoms with Gasteiger partial charge in [-0.25, -0.2) is 15.0 Å². The Morgan fingerprint density at radius 1 is 0.218 bits per heavy atom. The van der Waals surface area contributed by atoms with Crippen molar-refractivity contribution in [2.45, 2.75) is 0 Å². The van der Waals surface area contributed by atoms with Crippen molar-refractivity contribution in [2.24, 2.45) is 0 Å². The first-order chi connectivity index (χ1) is 50.0. The van der Waals surface area contributed by atoms with E-state index in [4.69, 9.17) is 15.0 Å². The Labute approximate surface area is 579 Å². The molecule has 0 N–H and O–H groups in total. The smallest absolute Gasteiger partial charge is 0.168 e. The molecule has 0 unspecified atom stereocenters. The Morgan fingerprint density at radius 2 is 0.663 bits per heavy atom. The third-order valence-corrected chi connectivity index (χ3v) is 20.0. The molecule has 0 aliphatic heterocycles. The quantitative estimate of drug-likeness (QED) is 0.141. The first-order valence-electron chi connectivity index (χ1n) is 34.1. The lowest BCUT2D eigenvalue weighted by Crippen LogP contribution is -2.00. The predicted octanol–water partition coefficient (Wildman–Crippen LogP) is 23.1. The average molecular weight is 1290 g/mol. The molecule has 7 aromatic heterocycles. The van der Waals surface area contributed by atoms with Gasteiger partial charge in [-0.1, -0.05) is 218 Å². The second-order valence-electron chi connectivity index (χ2n) is 25.9. The number of nitrogens with zero attached hydrogens (tertiary/aromatic N) is 9. The Balaban J connectivity index is 0.000000142. The molecule has 0 spiro atoms. The van der Waals surface area contributed by atoms with Crippen LogP contribution in [0.4, 0.5) is 0 Å². The minimum Gasteiger partial charge on any atom is -0.292 e. The molecule has 14 aromatic carbocycles. The van der Waals surface area contributed by atoms with Crippen LogP contribution in [-0.4, -0.2) is 43.5 Å². The second-order valence-corrected chi connectivity index (χ2v) is 25.9. The Morgan fingerprint density at radius 3 is 1.31 bits per heavy atom. The minimum absolute atomic E-state index is 0.813. The van der Waals surface area contributed by atoms with Crippen LogP contribution in [0.3, 0.4) is 0 Å². The van der Waals surface area contributed by atoms with Gasteiger partial charge in [0, 0.05) is 50.1 Å². The van der Waals surface area contributed by atoms with Gasteiger partial charge in [-0.15, -0.1) is 10.2 Å². The third-order valence-electron chi connectivity index (χ3n) is 20.0. The molecule has 9 nitrogen and oxygen atoms in total. The van der Waals surface area contributed by atoms with Crippen LogP contribution in [0, 0.1) is 0 Å². The fourth-order valence-corrected chi connectivity index (χ4v) is 15.0. The highest BCUT2D eigenvalue weighted by molar-refractivity contribution is 6.17. The monoisotopic (exact) mass is 1290 g/mol. The average Bonchev–Trinajstić information content (AvgIpc) is 1.64. The highest BCUT2D eigenvalue weighted by Gasteiger charge is 2.21. The summed E-state index contributed by atoms with van der Waals surface area (Å²) in [6, 6.07) is 120. The first kappa shape index (κ1) is 57.5. The van der Waals surface area contributed by atoms with E-state index >= 15 is 0 Å².